The summed E-state index contributed by atoms with van der Waals surface area (Å²) < 4.78 is 76.7. The molecule has 12 heteroatoms. The molecule has 1 atom stereocenters. The second-order valence-corrected chi connectivity index (χ2v) is 8.15. The predicted molar refractivity (Wildman–Crippen MR) is 115 cm³/mol. The standard InChI is InChI=1S/C22H24F5N5O2/c1-3-31-12-15(9-28-31)11-30-10-14(2)32(21(30)33)18-7-16(22(25,26)27)6-17(8-18)29-4-5-34-19(13-29)20(23)24/h6-10,12,19-20H,3-5,11,13H2,1-2H3. The molecule has 2 aromatic heterocycles. The average Bonchev–Trinajstić information content (AvgIpc) is 3.36. The molecule has 0 N–H and O–H groups in total. The van der Waals surface area contributed by atoms with Crippen LogP contribution in [0.1, 0.15) is 23.7 Å². The summed E-state index contributed by atoms with van der Waals surface area (Å²) in [5.74, 6) is 0. The topological polar surface area (TPSA) is 57.2 Å². The van der Waals surface area contributed by atoms with E-state index < -0.39 is 30.0 Å². The normalized spacial score (nSPS) is 17.1. The first-order valence-corrected chi connectivity index (χ1v) is 10.7. The Bertz CT molecular complexity index is 1210. The Kier molecular flexibility index (Phi) is 6.52. The molecule has 1 aliphatic rings. The van der Waals surface area contributed by atoms with Gasteiger partial charge in [-0.1, -0.05) is 0 Å². The molecule has 1 aliphatic heterocycles. The van der Waals surface area contributed by atoms with E-state index in [0.717, 1.165) is 17.7 Å². The number of hydrogen-bond acceptors (Lipinski definition) is 4. The van der Waals surface area contributed by atoms with Gasteiger partial charge in [0.15, 0.2) is 0 Å². The molecule has 1 unspecified atom stereocenters. The van der Waals surface area contributed by atoms with E-state index in [-0.39, 0.29) is 37.6 Å². The maximum atomic E-state index is 13.7. The molecule has 1 saturated heterocycles. The summed E-state index contributed by atoms with van der Waals surface area (Å²) in [5.41, 5.74) is -0.164. The maximum absolute atomic E-state index is 13.7. The zero-order valence-electron chi connectivity index (χ0n) is 18.6. The number of rotatable bonds is 6. The highest BCUT2D eigenvalue weighted by molar-refractivity contribution is 5.57. The zero-order chi connectivity index (χ0) is 24.6. The lowest BCUT2D eigenvalue weighted by Gasteiger charge is -2.34. The lowest BCUT2D eigenvalue weighted by molar-refractivity contribution is -0.137. The van der Waals surface area contributed by atoms with Crippen LogP contribution in [0.25, 0.3) is 5.69 Å². The van der Waals surface area contributed by atoms with E-state index in [1.807, 2.05) is 6.92 Å². The molecule has 184 valence electrons. The number of aryl methyl sites for hydroxylation is 2. The summed E-state index contributed by atoms with van der Waals surface area (Å²) in [4.78, 5) is 14.6. The van der Waals surface area contributed by atoms with Gasteiger partial charge in [0.2, 0.25) is 0 Å². The SMILES string of the molecule is CCn1cc(Cn2cc(C)n(-c3cc(N4CCOC(C(F)F)C4)cc(C(F)(F)F)c3)c2=O)cn1. The number of halogens is 5. The highest BCUT2D eigenvalue weighted by Gasteiger charge is 2.34. The second kappa shape index (κ2) is 9.24. The molecule has 0 spiro atoms. The largest absolute Gasteiger partial charge is 0.416 e. The molecule has 0 aliphatic carbocycles. The van der Waals surface area contributed by atoms with Gasteiger partial charge in [-0.2, -0.15) is 18.3 Å². The number of aromatic nitrogens is 4. The number of morpholine rings is 1. The maximum Gasteiger partial charge on any atom is 0.416 e. The molecule has 7 nitrogen and oxygen atoms in total. The van der Waals surface area contributed by atoms with Crippen molar-refractivity contribution >= 4 is 5.69 Å². The van der Waals surface area contributed by atoms with Crippen LogP contribution in [0, 0.1) is 6.92 Å². The van der Waals surface area contributed by atoms with Crippen LogP contribution >= 0.6 is 0 Å². The third-order valence-electron chi connectivity index (χ3n) is 5.72. The highest BCUT2D eigenvalue weighted by Crippen LogP contribution is 2.34. The van der Waals surface area contributed by atoms with E-state index in [1.165, 1.54) is 20.1 Å². The van der Waals surface area contributed by atoms with Crippen molar-refractivity contribution in [3.8, 4) is 5.69 Å². The minimum Gasteiger partial charge on any atom is -0.369 e. The predicted octanol–water partition coefficient (Wildman–Crippen LogP) is 3.70. The van der Waals surface area contributed by atoms with Crippen LogP contribution in [-0.2, 0) is 24.0 Å². The van der Waals surface area contributed by atoms with Crippen molar-refractivity contribution in [3.05, 3.63) is 64.1 Å². The Labute approximate surface area is 192 Å². The number of imidazole rings is 1. The third-order valence-corrected chi connectivity index (χ3v) is 5.72. The molecule has 3 heterocycles. The van der Waals surface area contributed by atoms with Gasteiger partial charge < -0.3 is 9.64 Å². The lowest BCUT2D eigenvalue weighted by atomic mass is 10.1. The molecule has 1 aromatic carbocycles. The number of nitrogens with zero attached hydrogens (tertiary/aromatic N) is 5. The van der Waals surface area contributed by atoms with Crippen LogP contribution in [-0.4, -0.2) is 51.1 Å². The van der Waals surface area contributed by atoms with Crippen molar-refractivity contribution in [3.63, 3.8) is 0 Å². The van der Waals surface area contributed by atoms with E-state index in [1.54, 1.807) is 30.2 Å². The van der Waals surface area contributed by atoms with E-state index in [9.17, 15) is 26.7 Å². The minimum absolute atomic E-state index is 0.00965. The van der Waals surface area contributed by atoms with E-state index in [0.29, 0.717) is 12.2 Å². The molecular weight excluding hydrogens is 461 g/mol. The second-order valence-electron chi connectivity index (χ2n) is 8.15. The van der Waals surface area contributed by atoms with Gasteiger partial charge in [-0.05, 0) is 32.0 Å². The van der Waals surface area contributed by atoms with Crippen LogP contribution in [0.2, 0.25) is 0 Å². The summed E-state index contributed by atoms with van der Waals surface area (Å²) in [6.45, 7) is 4.27. The van der Waals surface area contributed by atoms with Gasteiger partial charge in [0.1, 0.15) is 6.10 Å². The third kappa shape index (κ3) is 4.86. The van der Waals surface area contributed by atoms with Gasteiger partial charge >= 0.3 is 11.9 Å². The smallest absolute Gasteiger partial charge is 0.369 e. The van der Waals surface area contributed by atoms with Crippen LogP contribution in [0.3, 0.4) is 0 Å². The summed E-state index contributed by atoms with van der Waals surface area (Å²) in [6.07, 6.45) is -3.87. The van der Waals surface area contributed by atoms with Gasteiger partial charge in [-0.25, -0.2) is 13.6 Å². The van der Waals surface area contributed by atoms with Crippen molar-refractivity contribution in [2.45, 2.75) is 45.6 Å². The summed E-state index contributed by atoms with van der Waals surface area (Å²) in [5, 5.41) is 4.17. The number of anilines is 1. The van der Waals surface area contributed by atoms with Crippen LogP contribution < -0.4 is 10.6 Å². The fourth-order valence-electron chi connectivity index (χ4n) is 4.04. The molecule has 0 saturated carbocycles. The Morgan fingerprint density at radius 3 is 2.56 bits per heavy atom. The van der Waals surface area contributed by atoms with Gasteiger partial charge in [-0.15, -0.1) is 0 Å². The number of alkyl halides is 5. The summed E-state index contributed by atoms with van der Waals surface area (Å²) >= 11 is 0. The Balaban J connectivity index is 1.74. The van der Waals surface area contributed by atoms with E-state index in [4.69, 9.17) is 4.74 Å². The van der Waals surface area contributed by atoms with Crippen molar-refractivity contribution in [2.75, 3.05) is 24.6 Å². The summed E-state index contributed by atoms with van der Waals surface area (Å²) in [7, 11) is 0. The fraction of sp³-hybridized carbons (Fsp3) is 0.455. The Hall–Kier alpha value is -3.15. The van der Waals surface area contributed by atoms with Crippen molar-refractivity contribution in [1.82, 2.24) is 18.9 Å². The minimum atomic E-state index is -4.69. The van der Waals surface area contributed by atoms with Gasteiger partial charge in [-0.3, -0.25) is 13.8 Å². The van der Waals surface area contributed by atoms with Crippen molar-refractivity contribution < 1.29 is 26.7 Å². The van der Waals surface area contributed by atoms with Gasteiger partial charge in [0.05, 0.1) is 30.6 Å². The molecule has 34 heavy (non-hydrogen) atoms. The summed E-state index contributed by atoms with van der Waals surface area (Å²) in [6, 6.07) is 3.22. The van der Waals surface area contributed by atoms with E-state index >= 15 is 0 Å². The quantitative estimate of drug-likeness (QED) is 0.500. The zero-order valence-corrected chi connectivity index (χ0v) is 18.6. The molecule has 0 radical (unpaired) electrons. The highest BCUT2D eigenvalue weighted by atomic mass is 19.4. The fourth-order valence-corrected chi connectivity index (χ4v) is 4.04. The van der Waals surface area contributed by atoms with Crippen LogP contribution in [0.4, 0.5) is 27.6 Å². The van der Waals surface area contributed by atoms with E-state index in [2.05, 4.69) is 5.10 Å². The van der Waals surface area contributed by atoms with Crippen LogP contribution in [0.15, 0.2) is 41.6 Å². The molecule has 3 aromatic rings. The first kappa shape index (κ1) is 24.0. The lowest BCUT2D eigenvalue weighted by Crippen LogP contribution is -2.45. The molecule has 0 amide bonds. The average molecular weight is 485 g/mol. The van der Waals surface area contributed by atoms with Crippen molar-refractivity contribution in [1.29, 1.82) is 0 Å². The van der Waals surface area contributed by atoms with Crippen LogP contribution in [0.5, 0.6) is 0 Å². The number of benzene rings is 1. The first-order valence-electron chi connectivity index (χ1n) is 10.7. The number of ether oxygens (including phenoxy) is 1. The number of hydrogen-bond donors (Lipinski definition) is 0. The molecule has 4 rings (SSSR count). The molecule has 0 bridgehead atoms. The molecular formula is C22H24F5N5O2. The first-order chi connectivity index (χ1) is 16.1. The van der Waals surface area contributed by atoms with Gasteiger partial charge in [0.25, 0.3) is 6.43 Å². The Morgan fingerprint density at radius 1 is 1.18 bits per heavy atom. The monoisotopic (exact) mass is 485 g/mol. The van der Waals surface area contributed by atoms with Crippen molar-refractivity contribution in [2.24, 2.45) is 0 Å². The Morgan fingerprint density at radius 2 is 1.91 bits per heavy atom. The molecule has 1 fully saturated rings. The van der Waals surface area contributed by atoms with Gasteiger partial charge in [0, 0.05) is 49.0 Å².